The maximum Gasteiger partial charge on any atom is 0.317 e. The summed E-state index contributed by atoms with van der Waals surface area (Å²) in [5, 5.41) is 3.53. The minimum absolute atomic E-state index is 0.252. The minimum atomic E-state index is -0.466. The van der Waals surface area contributed by atoms with Crippen molar-refractivity contribution in [2.75, 3.05) is 6.61 Å². The lowest BCUT2D eigenvalue weighted by Gasteiger charge is -2.31. The first-order chi connectivity index (χ1) is 10.4. The fourth-order valence-electron chi connectivity index (χ4n) is 2.31. The number of esters is 1. The van der Waals surface area contributed by atoms with Crippen LogP contribution in [-0.4, -0.2) is 23.4 Å². The molecule has 6 heteroatoms. The molecule has 2 rings (SSSR count). The van der Waals surface area contributed by atoms with Crippen molar-refractivity contribution in [2.24, 2.45) is 16.8 Å². The number of aliphatic imine (C=N–C) groups is 1. The fourth-order valence-corrected chi connectivity index (χ4v) is 2.85. The Hall–Kier alpha value is -1.27. The summed E-state index contributed by atoms with van der Waals surface area (Å²) in [7, 11) is 0. The molecule has 1 N–H and O–H groups in total. The zero-order valence-electron chi connectivity index (χ0n) is 12.8. The molecule has 0 aliphatic carbocycles. The largest absolute Gasteiger partial charge is 0.465 e. The number of benzene rings is 1. The molecule has 2 unspecified atom stereocenters. The number of hydrogen-bond donors (Lipinski definition) is 1. The monoisotopic (exact) mass is 382 g/mol. The van der Waals surface area contributed by atoms with Crippen LogP contribution in [0.2, 0.25) is 0 Å². The quantitative estimate of drug-likeness (QED) is 0.637. The third-order valence-corrected chi connectivity index (χ3v) is 4.12. The van der Waals surface area contributed by atoms with Crippen molar-refractivity contribution >= 4 is 44.9 Å². The second-order valence-electron chi connectivity index (χ2n) is 5.73. The highest BCUT2D eigenvalue weighted by Gasteiger charge is 2.37. The summed E-state index contributed by atoms with van der Waals surface area (Å²) in [6.45, 7) is 6.24. The van der Waals surface area contributed by atoms with E-state index in [1.54, 1.807) is 0 Å². The number of hydrogen-bond acceptors (Lipinski definition) is 3. The van der Waals surface area contributed by atoms with Crippen LogP contribution in [0.3, 0.4) is 0 Å². The number of halogens is 1. The molecule has 0 saturated carbocycles. The van der Waals surface area contributed by atoms with Crippen molar-refractivity contribution in [3.63, 3.8) is 0 Å². The van der Waals surface area contributed by atoms with Gasteiger partial charge in [0.2, 0.25) is 0 Å². The normalized spacial score (nSPS) is 21.3. The highest BCUT2D eigenvalue weighted by Crippen LogP contribution is 2.29. The molecule has 2 atom stereocenters. The van der Waals surface area contributed by atoms with Crippen LogP contribution < -0.4 is 5.32 Å². The summed E-state index contributed by atoms with van der Waals surface area (Å²) in [6, 6.07) is 7.56. The highest BCUT2D eigenvalue weighted by atomic mass is 79.9. The molecule has 118 valence electrons. The van der Waals surface area contributed by atoms with Crippen LogP contribution in [0.1, 0.15) is 32.4 Å². The standard InChI is InChI=1S/C16H19BrN2O2S/c1-9(2)8-21-15(20)13-10(3)18-16(22)19-14(13)11-4-6-12(17)7-5-11/h4-7,9,13-14H,8H2,1-3H3,(H,19,22). The number of carbonyl (C=O) groups is 1. The van der Waals surface area contributed by atoms with Gasteiger partial charge in [-0.3, -0.25) is 4.79 Å². The first kappa shape index (κ1) is 17.1. The van der Waals surface area contributed by atoms with Gasteiger partial charge in [-0.1, -0.05) is 41.9 Å². The maximum absolute atomic E-state index is 12.5. The first-order valence-corrected chi connectivity index (χ1v) is 8.36. The van der Waals surface area contributed by atoms with Gasteiger partial charge in [0, 0.05) is 10.2 Å². The van der Waals surface area contributed by atoms with Gasteiger partial charge in [0.05, 0.1) is 12.6 Å². The summed E-state index contributed by atoms with van der Waals surface area (Å²) in [6.07, 6.45) is 0. The van der Waals surface area contributed by atoms with Crippen LogP contribution in [0, 0.1) is 11.8 Å². The number of ether oxygens (including phenoxy) is 1. The smallest absolute Gasteiger partial charge is 0.317 e. The Morgan fingerprint density at radius 2 is 2.05 bits per heavy atom. The van der Waals surface area contributed by atoms with Gasteiger partial charge in [-0.05, 0) is 42.8 Å². The van der Waals surface area contributed by atoms with Gasteiger partial charge in [0.25, 0.3) is 0 Å². The third-order valence-electron chi connectivity index (χ3n) is 3.38. The van der Waals surface area contributed by atoms with E-state index in [0.717, 1.165) is 10.0 Å². The Labute approximate surface area is 144 Å². The number of thiocarbonyl (C=S) groups is 1. The molecule has 0 saturated heterocycles. The van der Waals surface area contributed by atoms with E-state index >= 15 is 0 Å². The molecule has 1 heterocycles. The van der Waals surface area contributed by atoms with Crippen LogP contribution >= 0.6 is 28.1 Å². The van der Waals surface area contributed by atoms with E-state index in [2.05, 4.69) is 26.2 Å². The van der Waals surface area contributed by atoms with Gasteiger partial charge in [-0.25, -0.2) is 4.99 Å². The van der Waals surface area contributed by atoms with Crippen LogP contribution in [0.5, 0.6) is 0 Å². The SMILES string of the molecule is CC1=NC(=S)NC(c2ccc(Br)cc2)C1C(=O)OCC(C)C. The predicted molar refractivity (Wildman–Crippen MR) is 95.0 cm³/mol. The molecule has 0 bridgehead atoms. The number of carbonyl (C=O) groups excluding carboxylic acids is 1. The van der Waals surface area contributed by atoms with Crippen LogP contribution in [0.25, 0.3) is 0 Å². The van der Waals surface area contributed by atoms with Crippen molar-refractivity contribution in [1.82, 2.24) is 5.32 Å². The van der Waals surface area contributed by atoms with Gasteiger partial charge in [0.1, 0.15) is 5.92 Å². The van der Waals surface area contributed by atoms with E-state index in [0.29, 0.717) is 23.3 Å². The Kier molecular flexibility index (Phi) is 5.69. The Morgan fingerprint density at radius 3 is 2.64 bits per heavy atom. The van der Waals surface area contributed by atoms with E-state index in [-0.39, 0.29) is 12.0 Å². The summed E-state index contributed by atoms with van der Waals surface area (Å²) in [5.74, 6) is -0.436. The van der Waals surface area contributed by atoms with Gasteiger partial charge >= 0.3 is 5.97 Å². The summed E-state index contributed by atoms with van der Waals surface area (Å²) in [5.41, 5.74) is 1.66. The molecule has 1 aliphatic heterocycles. The zero-order chi connectivity index (χ0) is 16.3. The van der Waals surface area contributed by atoms with Crippen LogP contribution in [0.4, 0.5) is 0 Å². The lowest BCUT2D eigenvalue weighted by molar-refractivity contribution is -0.148. The van der Waals surface area contributed by atoms with E-state index in [4.69, 9.17) is 17.0 Å². The molecule has 1 aromatic carbocycles. The Balaban J connectivity index is 2.28. The molecule has 0 amide bonds. The second kappa shape index (κ2) is 7.33. The van der Waals surface area contributed by atoms with E-state index in [9.17, 15) is 4.79 Å². The van der Waals surface area contributed by atoms with Crippen molar-refractivity contribution in [2.45, 2.75) is 26.8 Å². The van der Waals surface area contributed by atoms with Gasteiger partial charge < -0.3 is 10.1 Å². The van der Waals surface area contributed by atoms with E-state index in [1.165, 1.54) is 0 Å². The van der Waals surface area contributed by atoms with Crippen LogP contribution in [-0.2, 0) is 9.53 Å². The predicted octanol–water partition coefficient (Wildman–Crippen LogP) is 3.65. The molecule has 0 radical (unpaired) electrons. The summed E-state index contributed by atoms with van der Waals surface area (Å²) >= 11 is 8.59. The molecule has 22 heavy (non-hydrogen) atoms. The van der Waals surface area contributed by atoms with Crippen molar-refractivity contribution in [1.29, 1.82) is 0 Å². The number of nitrogens with one attached hydrogen (secondary N) is 1. The Bertz CT molecular complexity index is 599. The molecule has 1 aromatic rings. The average molecular weight is 383 g/mol. The van der Waals surface area contributed by atoms with Crippen molar-refractivity contribution < 1.29 is 9.53 Å². The maximum atomic E-state index is 12.5. The van der Waals surface area contributed by atoms with Gasteiger partial charge in [-0.2, -0.15) is 0 Å². The molecular formula is C16H19BrN2O2S. The van der Waals surface area contributed by atoms with Crippen molar-refractivity contribution in [3.8, 4) is 0 Å². The third kappa shape index (κ3) is 4.14. The lowest BCUT2D eigenvalue weighted by Crippen LogP contribution is -2.44. The number of nitrogens with zero attached hydrogens (tertiary/aromatic N) is 1. The molecular weight excluding hydrogens is 364 g/mol. The Morgan fingerprint density at radius 1 is 1.41 bits per heavy atom. The fraction of sp³-hybridized carbons (Fsp3) is 0.438. The molecule has 4 nitrogen and oxygen atoms in total. The average Bonchev–Trinajstić information content (AvgIpc) is 2.44. The topological polar surface area (TPSA) is 50.7 Å². The molecule has 0 fully saturated rings. The molecule has 0 aromatic heterocycles. The van der Waals surface area contributed by atoms with E-state index in [1.807, 2.05) is 45.0 Å². The lowest BCUT2D eigenvalue weighted by atomic mass is 9.88. The van der Waals surface area contributed by atoms with Crippen LogP contribution in [0.15, 0.2) is 33.7 Å². The minimum Gasteiger partial charge on any atom is -0.465 e. The first-order valence-electron chi connectivity index (χ1n) is 7.16. The van der Waals surface area contributed by atoms with Gasteiger partial charge in [0.15, 0.2) is 5.11 Å². The summed E-state index contributed by atoms with van der Waals surface area (Å²) in [4.78, 5) is 16.7. The highest BCUT2D eigenvalue weighted by molar-refractivity contribution is 9.10. The zero-order valence-corrected chi connectivity index (χ0v) is 15.2. The second-order valence-corrected chi connectivity index (χ2v) is 7.04. The molecule has 1 aliphatic rings. The van der Waals surface area contributed by atoms with Gasteiger partial charge in [-0.15, -0.1) is 0 Å². The summed E-state index contributed by atoms with van der Waals surface area (Å²) < 4.78 is 6.40. The van der Waals surface area contributed by atoms with Crippen molar-refractivity contribution in [3.05, 3.63) is 34.3 Å². The van der Waals surface area contributed by atoms with E-state index < -0.39 is 5.92 Å². The number of rotatable bonds is 4. The molecule has 0 spiro atoms.